The Morgan fingerprint density at radius 3 is 2.69 bits per heavy atom. The van der Waals surface area contributed by atoms with E-state index in [4.69, 9.17) is 9.47 Å². The van der Waals surface area contributed by atoms with Gasteiger partial charge in [-0.3, -0.25) is 4.90 Å². The molecule has 32 heavy (non-hydrogen) atoms. The molecule has 0 saturated carbocycles. The summed E-state index contributed by atoms with van der Waals surface area (Å²) < 4.78 is 11.0. The second-order valence-electron chi connectivity index (χ2n) is 8.59. The Kier molecular flexibility index (Phi) is 11.4. The zero-order valence-electron chi connectivity index (χ0n) is 19.5. The molecule has 0 radical (unpaired) electrons. The van der Waals surface area contributed by atoms with Crippen molar-refractivity contribution in [3.63, 3.8) is 0 Å². The Balaban J connectivity index is 0.00000363. The molecule has 2 atom stereocenters. The molecule has 2 aliphatic heterocycles. The standard InChI is InChI=1S/C22H38N6O3.HI/c1-4-23-21(26-16-22(3,29)17-27-7-10-30-11-8-27)25-14-19-5-6-20(24-13-19)28-9-12-31-18(2)15-28;/h5-6,13,18,29H,4,7-12,14-17H2,1-3H3,(H2,23,25,26);1H. The number of anilines is 1. The van der Waals surface area contributed by atoms with Crippen LogP contribution in [0.3, 0.4) is 0 Å². The molecular weight excluding hydrogens is 523 g/mol. The van der Waals surface area contributed by atoms with E-state index in [-0.39, 0.29) is 30.1 Å². The van der Waals surface area contributed by atoms with Crippen LogP contribution in [-0.2, 0) is 16.0 Å². The lowest BCUT2D eigenvalue weighted by Crippen LogP contribution is -2.52. The molecule has 2 fully saturated rings. The number of aliphatic imine (C=N–C) groups is 1. The Bertz CT molecular complexity index is 697. The number of halogens is 1. The van der Waals surface area contributed by atoms with E-state index in [9.17, 15) is 5.11 Å². The van der Waals surface area contributed by atoms with Gasteiger partial charge < -0.3 is 30.1 Å². The van der Waals surface area contributed by atoms with Crippen LogP contribution in [0.25, 0.3) is 0 Å². The zero-order chi connectivity index (χ0) is 22.1. The van der Waals surface area contributed by atoms with Crippen LogP contribution in [-0.4, -0.2) is 98.3 Å². The number of β-amino-alcohol motifs (C(OH)–C–C–N with tert-alkyl or cyclic N) is 1. The number of rotatable bonds is 8. The van der Waals surface area contributed by atoms with Crippen molar-refractivity contribution in [1.29, 1.82) is 0 Å². The van der Waals surface area contributed by atoms with Crippen LogP contribution in [0.5, 0.6) is 0 Å². The van der Waals surface area contributed by atoms with Crippen molar-refractivity contribution in [3.05, 3.63) is 23.9 Å². The number of morpholine rings is 2. The molecule has 3 rings (SSSR count). The van der Waals surface area contributed by atoms with E-state index in [1.807, 2.05) is 20.0 Å². The van der Waals surface area contributed by atoms with Gasteiger partial charge in [0.05, 0.1) is 38.1 Å². The lowest BCUT2D eigenvalue weighted by molar-refractivity contribution is -0.0201. The van der Waals surface area contributed by atoms with Gasteiger partial charge in [0, 0.05) is 52.0 Å². The van der Waals surface area contributed by atoms with Crippen LogP contribution in [0.4, 0.5) is 5.82 Å². The normalized spacial score (nSPS) is 22.1. The van der Waals surface area contributed by atoms with E-state index in [0.717, 1.165) is 63.9 Å². The highest BCUT2D eigenvalue weighted by molar-refractivity contribution is 14.0. The van der Waals surface area contributed by atoms with E-state index in [2.05, 4.69) is 49.5 Å². The number of hydrogen-bond acceptors (Lipinski definition) is 7. The minimum atomic E-state index is -0.855. The van der Waals surface area contributed by atoms with Crippen LogP contribution in [0, 0.1) is 0 Å². The third-order valence-electron chi connectivity index (χ3n) is 5.44. The molecule has 0 amide bonds. The first kappa shape index (κ1) is 27.0. The van der Waals surface area contributed by atoms with Gasteiger partial charge in [-0.1, -0.05) is 6.07 Å². The van der Waals surface area contributed by atoms with E-state index < -0.39 is 5.60 Å². The van der Waals surface area contributed by atoms with E-state index in [1.165, 1.54) is 0 Å². The number of hydrogen-bond donors (Lipinski definition) is 3. The van der Waals surface area contributed by atoms with Crippen molar-refractivity contribution < 1.29 is 14.6 Å². The second-order valence-corrected chi connectivity index (χ2v) is 8.59. The van der Waals surface area contributed by atoms with Crippen LogP contribution in [0.1, 0.15) is 26.3 Å². The molecule has 1 aromatic heterocycles. The van der Waals surface area contributed by atoms with Gasteiger partial charge in [-0.2, -0.15) is 0 Å². The highest BCUT2D eigenvalue weighted by atomic mass is 127. The fourth-order valence-corrected chi connectivity index (χ4v) is 3.81. The van der Waals surface area contributed by atoms with Gasteiger partial charge >= 0.3 is 0 Å². The predicted octanol–water partition coefficient (Wildman–Crippen LogP) is 1.06. The molecule has 182 valence electrons. The van der Waals surface area contributed by atoms with Gasteiger partial charge in [0.2, 0.25) is 0 Å². The van der Waals surface area contributed by atoms with E-state index in [0.29, 0.717) is 25.6 Å². The number of nitrogens with one attached hydrogen (secondary N) is 2. The number of pyridine rings is 1. The third-order valence-corrected chi connectivity index (χ3v) is 5.44. The predicted molar refractivity (Wildman–Crippen MR) is 138 cm³/mol. The number of guanidine groups is 1. The quantitative estimate of drug-likeness (QED) is 0.246. The first-order chi connectivity index (χ1) is 14.9. The molecular formula is C22H39IN6O3. The number of aromatic nitrogens is 1. The molecule has 10 heteroatoms. The molecule has 3 N–H and O–H groups in total. The minimum Gasteiger partial charge on any atom is -0.387 e. The molecule has 0 spiro atoms. The Morgan fingerprint density at radius 1 is 1.25 bits per heavy atom. The van der Waals surface area contributed by atoms with Crippen molar-refractivity contribution in [2.75, 3.05) is 70.5 Å². The first-order valence-corrected chi connectivity index (χ1v) is 11.3. The van der Waals surface area contributed by atoms with Crippen LogP contribution in [0.2, 0.25) is 0 Å². The van der Waals surface area contributed by atoms with E-state index in [1.54, 1.807) is 0 Å². The summed E-state index contributed by atoms with van der Waals surface area (Å²) in [5.74, 6) is 1.67. The molecule has 2 aliphatic rings. The fourth-order valence-electron chi connectivity index (χ4n) is 3.81. The van der Waals surface area contributed by atoms with Gasteiger partial charge in [0.25, 0.3) is 0 Å². The molecule has 2 unspecified atom stereocenters. The molecule has 2 saturated heterocycles. The zero-order valence-corrected chi connectivity index (χ0v) is 21.9. The van der Waals surface area contributed by atoms with Crippen molar-refractivity contribution in [2.24, 2.45) is 4.99 Å². The van der Waals surface area contributed by atoms with Gasteiger partial charge in [-0.15, -0.1) is 24.0 Å². The summed E-state index contributed by atoms with van der Waals surface area (Å²) in [5, 5.41) is 17.3. The monoisotopic (exact) mass is 562 g/mol. The van der Waals surface area contributed by atoms with Gasteiger partial charge in [0.1, 0.15) is 5.82 Å². The van der Waals surface area contributed by atoms with Crippen LogP contribution >= 0.6 is 24.0 Å². The van der Waals surface area contributed by atoms with Crippen molar-refractivity contribution in [1.82, 2.24) is 20.5 Å². The van der Waals surface area contributed by atoms with Gasteiger partial charge in [0.15, 0.2) is 5.96 Å². The summed E-state index contributed by atoms with van der Waals surface area (Å²) in [5.41, 5.74) is 0.189. The summed E-state index contributed by atoms with van der Waals surface area (Å²) in [6.45, 7) is 13.9. The summed E-state index contributed by atoms with van der Waals surface area (Å²) in [7, 11) is 0. The molecule has 1 aromatic rings. The lowest BCUT2D eigenvalue weighted by atomic mass is 10.1. The number of ether oxygens (including phenoxy) is 2. The second kappa shape index (κ2) is 13.5. The molecule has 0 bridgehead atoms. The third kappa shape index (κ3) is 8.97. The fraction of sp³-hybridized carbons (Fsp3) is 0.727. The molecule has 0 aliphatic carbocycles. The summed E-state index contributed by atoms with van der Waals surface area (Å²) in [6.07, 6.45) is 2.12. The van der Waals surface area contributed by atoms with Crippen molar-refractivity contribution in [3.8, 4) is 0 Å². The van der Waals surface area contributed by atoms with Gasteiger partial charge in [-0.25, -0.2) is 9.98 Å². The Morgan fingerprint density at radius 2 is 2.03 bits per heavy atom. The largest absolute Gasteiger partial charge is 0.387 e. The molecule has 0 aromatic carbocycles. The minimum absolute atomic E-state index is 0. The summed E-state index contributed by atoms with van der Waals surface area (Å²) in [4.78, 5) is 13.8. The molecule has 3 heterocycles. The maximum Gasteiger partial charge on any atom is 0.191 e. The Hall–Kier alpha value is -1.21. The van der Waals surface area contributed by atoms with Crippen molar-refractivity contribution in [2.45, 2.75) is 39.0 Å². The average Bonchev–Trinajstić information content (AvgIpc) is 2.76. The van der Waals surface area contributed by atoms with Crippen LogP contribution in [0.15, 0.2) is 23.3 Å². The SMILES string of the molecule is CCNC(=NCc1ccc(N2CCOC(C)C2)nc1)NCC(C)(O)CN1CCOCC1.I. The topological polar surface area (TPSA) is 94.5 Å². The summed E-state index contributed by atoms with van der Waals surface area (Å²) in [6, 6.07) is 4.13. The highest BCUT2D eigenvalue weighted by Crippen LogP contribution is 2.16. The Labute approximate surface area is 209 Å². The average molecular weight is 562 g/mol. The molecule has 9 nitrogen and oxygen atoms in total. The number of aliphatic hydroxyl groups is 1. The smallest absolute Gasteiger partial charge is 0.191 e. The lowest BCUT2D eigenvalue weighted by Gasteiger charge is -2.34. The van der Waals surface area contributed by atoms with Crippen molar-refractivity contribution >= 4 is 35.8 Å². The van der Waals surface area contributed by atoms with Gasteiger partial charge in [-0.05, 0) is 32.4 Å². The maximum atomic E-state index is 10.8. The van der Waals surface area contributed by atoms with E-state index >= 15 is 0 Å². The summed E-state index contributed by atoms with van der Waals surface area (Å²) >= 11 is 0. The highest BCUT2D eigenvalue weighted by Gasteiger charge is 2.25. The first-order valence-electron chi connectivity index (χ1n) is 11.3. The number of nitrogens with zero attached hydrogens (tertiary/aromatic N) is 4. The maximum absolute atomic E-state index is 10.8. The van der Waals surface area contributed by atoms with Crippen LogP contribution < -0.4 is 15.5 Å².